The fraction of sp³-hybridized carbons (Fsp3) is 0.579. The number of benzene rings is 1. The van der Waals surface area contributed by atoms with E-state index in [1.54, 1.807) is 6.92 Å². The smallest absolute Gasteiger partial charge is 0.330 e. The Labute approximate surface area is 152 Å². The van der Waals surface area contributed by atoms with Crippen molar-refractivity contribution >= 4 is 11.9 Å². The number of methoxy groups -OCH3 is 1. The average molecular weight is 367 g/mol. The fourth-order valence-corrected chi connectivity index (χ4v) is 3.14. The van der Waals surface area contributed by atoms with Gasteiger partial charge in [0.2, 0.25) is 5.91 Å². The molecule has 2 N–H and O–H groups in total. The predicted molar refractivity (Wildman–Crippen MR) is 93.5 cm³/mol. The molecule has 2 unspecified atom stereocenters. The van der Waals surface area contributed by atoms with Gasteiger partial charge in [-0.3, -0.25) is 4.79 Å². The summed E-state index contributed by atoms with van der Waals surface area (Å²) in [6.45, 7) is 1.60. The number of carbonyl (C=O) groups is 2. The third-order valence-electron chi connectivity index (χ3n) is 4.61. The Morgan fingerprint density at radius 1 is 1.23 bits per heavy atom. The number of hydrogen-bond acceptors (Lipinski definition) is 4. The number of ether oxygens (including phenoxy) is 2. The highest BCUT2D eigenvalue weighted by Gasteiger charge is 2.27. The lowest BCUT2D eigenvalue weighted by Gasteiger charge is -2.23. The van der Waals surface area contributed by atoms with E-state index in [1.807, 2.05) is 0 Å². The molecule has 0 aromatic heterocycles. The molecule has 0 aliphatic heterocycles. The van der Waals surface area contributed by atoms with Crippen LogP contribution in [0, 0.1) is 5.82 Å². The molecule has 1 amide bonds. The SMILES string of the molecule is COc1ccc(C(NC(=O)C(C)OC2CCCCCC2)C(=O)O)cc1F. The van der Waals surface area contributed by atoms with Crippen LogP contribution in [0.15, 0.2) is 18.2 Å². The maximum Gasteiger partial charge on any atom is 0.330 e. The quantitative estimate of drug-likeness (QED) is 0.723. The number of carboxylic acid groups (broad SMARTS) is 1. The second kappa shape index (κ2) is 9.52. The van der Waals surface area contributed by atoms with Crippen molar-refractivity contribution in [3.05, 3.63) is 29.6 Å². The number of nitrogens with one attached hydrogen (secondary N) is 1. The standard InChI is InChI=1S/C19H26FNO5/c1-12(26-14-7-5-3-4-6-8-14)18(22)21-17(19(23)24)13-9-10-16(25-2)15(20)11-13/h9-12,14,17H,3-8H2,1-2H3,(H,21,22)(H,23,24). The summed E-state index contributed by atoms with van der Waals surface area (Å²) in [4.78, 5) is 23.9. The molecule has 7 heteroatoms. The van der Waals surface area contributed by atoms with E-state index in [2.05, 4.69) is 5.32 Å². The fourth-order valence-electron chi connectivity index (χ4n) is 3.14. The van der Waals surface area contributed by atoms with E-state index >= 15 is 0 Å². The van der Waals surface area contributed by atoms with Gasteiger partial charge in [0.1, 0.15) is 6.10 Å². The van der Waals surface area contributed by atoms with E-state index in [9.17, 15) is 19.1 Å². The molecule has 0 heterocycles. The number of hydrogen-bond donors (Lipinski definition) is 2. The summed E-state index contributed by atoms with van der Waals surface area (Å²) >= 11 is 0. The van der Waals surface area contributed by atoms with Gasteiger partial charge in [0.05, 0.1) is 13.2 Å². The summed E-state index contributed by atoms with van der Waals surface area (Å²) < 4.78 is 24.5. The topological polar surface area (TPSA) is 84.9 Å². The van der Waals surface area contributed by atoms with Crippen molar-refractivity contribution in [2.45, 2.75) is 63.7 Å². The van der Waals surface area contributed by atoms with Crippen LogP contribution in [-0.4, -0.2) is 36.3 Å². The van der Waals surface area contributed by atoms with Gasteiger partial charge < -0.3 is 19.9 Å². The van der Waals surface area contributed by atoms with Crippen LogP contribution >= 0.6 is 0 Å². The highest BCUT2D eigenvalue weighted by Crippen LogP contribution is 2.23. The first-order valence-electron chi connectivity index (χ1n) is 8.94. The number of halogens is 1. The van der Waals surface area contributed by atoms with E-state index in [-0.39, 0.29) is 17.4 Å². The van der Waals surface area contributed by atoms with Crippen LogP contribution in [0.2, 0.25) is 0 Å². The predicted octanol–water partition coefficient (Wildman–Crippen LogP) is 3.20. The van der Waals surface area contributed by atoms with Gasteiger partial charge >= 0.3 is 5.97 Å². The second-order valence-corrected chi connectivity index (χ2v) is 6.57. The first kappa shape index (κ1) is 20.2. The van der Waals surface area contributed by atoms with Gasteiger partial charge in [-0.25, -0.2) is 9.18 Å². The van der Waals surface area contributed by atoms with Crippen molar-refractivity contribution in [1.82, 2.24) is 5.32 Å². The van der Waals surface area contributed by atoms with Gasteiger partial charge in [-0.15, -0.1) is 0 Å². The number of carboxylic acids is 1. The minimum Gasteiger partial charge on any atom is -0.494 e. The highest BCUT2D eigenvalue weighted by molar-refractivity contribution is 5.86. The normalized spacial score (nSPS) is 17.8. The van der Waals surface area contributed by atoms with E-state index in [0.29, 0.717) is 0 Å². The van der Waals surface area contributed by atoms with Crippen molar-refractivity contribution in [3.63, 3.8) is 0 Å². The number of amides is 1. The summed E-state index contributed by atoms with van der Waals surface area (Å²) in [7, 11) is 1.32. The molecule has 1 saturated carbocycles. The molecule has 1 fully saturated rings. The molecule has 6 nitrogen and oxygen atoms in total. The average Bonchev–Trinajstić information content (AvgIpc) is 2.87. The van der Waals surface area contributed by atoms with Crippen LogP contribution in [-0.2, 0) is 14.3 Å². The van der Waals surface area contributed by atoms with E-state index in [0.717, 1.165) is 31.7 Å². The van der Waals surface area contributed by atoms with Gasteiger partial charge in [-0.05, 0) is 37.5 Å². The first-order valence-corrected chi connectivity index (χ1v) is 8.94. The van der Waals surface area contributed by atoms with Crippen molar-refractivity contribution in [3.8, 4) is 5.75 Å². The number of aliphatic carboxylic acids is 1. The molecule has 0 spiro atoms. The Morgan fingerprint density at radius 2 is 1.88 bits per heavy atom. The Hall–Kier alpha value is -2.15. The summed E-state index contributed by atoms with van der Waals surface area (Å²) in [5, 5.41) is 11.9. The zero-order valence-electron chi connectivity index (χ0n) is 15.2. The Kier molecular flexibility index (Phi) is 7.38. The molecule has 0 radical (unpaired) electrons. The van der Waals surface area contributed by atoms with Crippen LogP contribution in [0.3, 0.4) is 0 Å². The van der Waals surface area contributed by atoms with Crippen LogP contribution in [0.5, 0.6) is 5.75 Å². The number of rotatable bonds is 7. The van der Waals surface area contributed by atoms with Gasteiger partial charge in [-0.2, -0.15) is 0 Å². The summed E-state index contributed by atoms with van der Waals surface area (Å²) in [6.07, 6.45) is 5.54. The minimum absolute atomic E-state index is 0.00859. The Balaban J connectivity index is 2.02. The first-order chi connectivity index (χ1) is 12.4. The largest absolute Gasteiger partial charge is 0.494 e. The lowest BCUT2D eigenvalue weighted by molar-refractivity contribution is -0.145. The third-order valence-corrected chi connectivity index (χ3v) is 4.61. The lowest BCUT2D eigenvalue weighted by Crippen LogP contribution is -2.41. The van der Waals surface area contributed by atoms with Crippen molar-refractivity contribution in [2.75, 3.05) is 7.11 Å². The zero-order chi connectivity index (χ0) is 19.1. The van der Waals surface area contributed by atoms with Crippen molar-refractivity contribution in [2.24, 2.45) is 0 Å². The van der Waals surface area contributed by atoms with Crippen LogP contribution in [0.1, 0.15) is 57.1 Å². The van der Waals surface area contributed by atoms with Crippen molar-refractivity contribution in [1.29, 1.82) is 0 Å². The van der Waals surface area contributed by atoms with Gasteiger partial charge in [0, 0.05) is 0 Å². The van der Waals surface area contributed by atoms with Gasteiger partial charge in [-0.1, -0.05) is 31.7 Å². The monoisotopic (exact) mass is 367 g/mol. The molecule has 26 heavy (non-hydrogen) atoms. The summed E-state index contributed by atoms with van der Waals surface area (Å²) in [5.41, 5.74) is 0.130. The molecular formula is C19H26FNO5. The maximum atomic E-state index is 13.9. The zero-order valence-corrected chi connectivity index (χ0v) is 15.2. The molecule has 144 valence electrons. The molecule has 2 atom stereocenters. The molecule has 0 saturated heterocycles. The van der Waals surface area contributed by atoms with Crippen LogP contribution in [0.4, 0.5) is 4.39 Å². The molecule has 1 aliphatic carbocycles. The third kappa shape index (κ3) is 5.42. The summed E-state index contributed by atoms with van der Waals surface area (Å²) in [5.74, 6) is -2.48. The summed E-state index contributed by atoms with van der Waals surface area (Å²) in [6, 6.07) is 2.44. The Bertz CT molecular complexity index is 628. The van der Waals surface area contributed by atoms with Crippen LogP contribution in [0.25, 0.3) is 0 Å². The van der Waals surface area contributed by atoms with Gasteiger partial charge in [0.25, 0.3) is 0 Å². The second-order valence-electron chi connectivity index (χ2n) is 6.57. The van der Waals surface area contributed by atoms with E-state index in [4.69, 9.17) is 9.47 Å². The van der Waals surface area contributed by atoms with Crippen molar-refractivity contribution < 1.29 is 28.6 Å². The molecule has 2 rings (SSSR count). The molecule has 0 bridgehead atoms. The van der Waals surface area contributed by atoms with Crippen LogP contribution < -0.4 is 10.1 Å². The molecule has 1 aromatic rings. The van der Waals surface area contributed by atoms with E-state index < -0.39 is 29.8 Å². The van der Waals surface area contributed by atoms with Gasteiger partial charge in [0.15, 0.2) is 17.6 Å². The Morgan fingerprint density at radius 3 is 2.42 bits per heavy atom. The highest BCUT2D eigenvalue weighted by atomic mass is 19.1. The molecular weight excluding hydrogens is 341 g/mol. The lowest BCUT2D eigenvalue weighted by atomic mass is 10.1. The molecule has 1 aromatic carbocycles. The minimum atomic E-state index is -1.36. The van der Waals surface area contributed by atoms with E-state index in [1.165, 1.54) is 32.1 Å². The maximum absolute atomic E-state index is 13.9. The number of carbonyl (C=O) groups excluding carboxylic acids is 1. The molecule has 1 aliphatic rings.